The maximum absolute atomic E-state index is 11.0. The van der Waals surface area contributed by atoms with Gasteiger partial charge in [-0.2, -0.15) is 10.2 Å². The molecule has 0 aliphatic heterocycles. The fourth-order valence-electron chi connectivity index (χ4n) is 1.77. The van der Waals surface area contributed by atoms with Crippen molar-refractivity contribution in [2.45, 2.75) is 0 Å². The maximum atomic E-state index is 11.0. The zero-order valence-corrected chi connectivity index (χ0v) is 12.6. The number of nitrogens with zero attached hydrogens (tertiary/aromatic N) is 4. The molecule has 0 fully saturated rings. The Morgan fingerprint density at radius 1 is 1.00 bits per heavy atom. The van der Waals surface area contributed by atoms with Crippen molar-refractivity contribution in [2.24, 2.45) is 10.2 Å². The number of anilines is 2. The summed E-state index contributed by atoms with van der Waals surface area (Å²) in [6, 6.07) is 16.6. The molecule has 0 radical (unpaired) electrons. The highest BCUT2D eigenvalue weighted by atomic mass is 32.1. The first-order valence-electron chi connectivity index (χ1n) is 6.62. The van der Waals surface area contributed by atoms with Crippen molar-refractivity contribution >= 4 is 39.6 Å². The van der Waals surface area contributed by atoms with Crippen molar-refractivity contribution < 1.29 is 9.90 Å². The summed E-state index contributed by atoms with van der Waals surface area (Å²) in [6.45, 7) is 0. The van der Waals surface area contributed by atoms with Gasteiger partial charge in [-0.15, -0.1) is 5.10 Å². The zero-order valence-electron chi connectivity index (χ0n) is 11.7. The molecule has 0 saturated heterocycles. The Bertz CT molecular complexity index is 831. The summed E-state index contributed by atoms with van der Waals surface area (Å²) in [5, 5.41) is 24.2. The summed E-state index contributed by atoms with van der Waals surface area (Å²) in [7, 11) is 0. The zero-order chi connectivity index (χ0) is 16.1. The summed E-state index contributed by atoms with van der Waals surface area (Å²) in [5.41, 5.74) is 2.09. The molecule has 114 valence electrons. The van der Waals surface area contributed by atoms with E-state index in [0.29, 0.717) is 10.7 Å². The molecule has 2 N–H and O–H groups in total. The third-order valence-electron chi connectivity index (χ3n) is 2.85. The molecule has 1 aromatic heterocycles. The highest BCUT2D eigenvalue weighted by Crippen LogP contribution is 2.25. The lowest BCUT2D eigenvalue weighted by Gasteiger charge is -2.03. The second kappa shape index (κ2) is 6.75. The smallest absolute Gasteiger partial charge is 0.359 e. The minimum absolute atomic E-state index is 0.0946. The minimum atomic E-state index is -1.12. The Labute approximate surface area is 135 Å². The highest BCUT2D eigenvalue weighted by Gasteiger charge is 2.15. The van der Waals surface area contributed by atoms with Gasteiger partial charge in [-0.25, -0.2) is 4.79 Å². The van der Waals surface area contributed by atoms with E-state index in [-0.39, 0.29) is 5.69 Å². The van der Waals surface area contributed by atoms with Crippen molar-refractivity contribution in [3.05, 3.63) is 60.3 Å². The van der Waals surface area contributed by atoms with Gasteiger partial charge in [0.25, 0.3) is 0 Å². The van der Waals surface area contributed by atoms with Gasteiger partial charge in [0.1, 0.15) is 5.00 Å². The fraction of sp³-hybridized carbons (Fsp3) is 0. The van der Waals surface area contributed by atoms with Crippen LogP contribution in [0.2, 0.25) is 0 Å². The van der Waals surface area contributed by atoms with Gasteiger partial charge in [0.2, 0.25) is 5.69 Å². The van der Waals surface area contributed by atoms with E-state index in [1.807, 2.05) is 30.3 Å². The van der Waals surface area contributed by atoms with Crippen LogP contribution in [0.5, 0.6) is 0 Å². The number of carboxylic acids is 1. The Balaban J connectivity index is 1.71. The minimum Gasteiger partial charge on any atom is -0.476 e. The number of rotatable bonds is 5. The first kappa shape index (κ1) is 14.8. The SMILES string of the molecule is O=C(O)c1nnsc1Nc1ccc(N=Nc2ccccc2)cc1. The van der Waals surface area contributed by atoms with Crippen LogP contribution >= 0.6 is 11.5 Å². The van der Waals surface area contributed by atoms with Crippen molar-refractivity contribution in [1.29, 1.82) is 0 Å². The van der Waals surface area contributed by atoms with Gasteiger partial charge in [0.05, 0.1) is 11.4 Å². The summed E-state index contributed by atoms with van der Waals surface area (Å²) >= 11 is 0.989. The van der Waals surface area contributed by atoms with Crippen LogP contribution in [-0.4, -0.2) is 20.7 Å². The Morgan fingerprint density at radius 3 is 2.30 bits per heavy atom. The summed E-state index contributed by atoms with van der Waals surface area (Å²) in [5.74, 6) is -1.12. The van der Waals surface area contributed by atoms with Gasteiger partial charge < -0.3 is 10.4 Å². The third kappa shape index (κ3) is 3.74. The first-order chi connectivity index (χ1) is 11.2. The van der Waals surface area contributed by atoms with E-state index >= 15 is 0 Å². The Kier molecular flexibility index (Phi) is 4.34. The van der Waals surface area contributed by atoms with Crippen molar-refractivity contribution in [3.63, 3.8) is 0 Å². The lowest BCUT2D eigenvalue weighted by Crippen LogP contribution is -2.01. The number of nitrogens with one attached hydrogen (secondary N) is 1. The number of carbonyl (C=O) groups is 1. The summed E-state index contributed by atoms with van der Waals surface area (Å²) < 4.78 is 3.63. The summed E-state index contributed by atoms with van der Waals surface area (Å²) in [6.07, 6.45) is 0. The maximum Gasteiger partial charge on any atom is 0.359 e. The quantitative estimate of drug-likeness (QED) is 0.677. The monoisotopic (exact) mass is 325 g/mol. The molecule has 0 aliphatic rings. The van der Waals surface area contributed by atoms with E-state index in [1.54, 1.807) is 24.3 Å². The number of aromatic nitrogens is 2. The van der Waals surface area contributed by atoms with Gasteiger partial charge in [-0.1, -0.05) is 22.7 Å². The number of azo groups is 1. The van der Waals surface area contributed by atoms with E-state index in [0.717, 1.165) is 22.9 Å². The van der Waals surface area contributed by atoms with E-state index in [1.165, 1.54) is 0 Å². The van der Waals surface area contributed by atoms with E-state index in [4.69, 9.17) is 5.11 Å². The molecule has 0 saturated carbocycles. The molecule has 0 amide bonds. The largest absolute Gasteiger partial charge is 0.476 e. The molecule has 7 nitrogen and oxygen atoms in total. The molecular formula is C15H11N5O2S. The Hall–Kier alpha value is -3.13. The number of aromatic carboxylic acids is 1. The Morgan fingerprint density at radius 2 is 1.65 bits per heavy atom. The van der Waals surface area contributed by atoms with Gasteiger partial charge in [-0.3, -0.25) is 0 Å². The first-order valence-corrected chi connectivity index (χ1v) is 7.39. The molecule has 0 unspecified atom stereocenters. The van der Waals surface area contributed by atoms with Crippen molar-refractivity contribution in [3.8, 4) is 0 Å². The molecule has 0 bridgehead atoms. The standard InChI is InChI=1S/C15H11N5O2S/c21-15(22)13-14(23-20-19-13)16-10-6-8-12(9-7-10)18-17-11-4-2-1-3-5-11/h1-9,16H,(H,21,22). The van der Waals surface area contributed by atoms with Gasteiger partial charge >= 0.3 is 5.97 Å². The van der Waals surface area contributed by atoms with E-state index in [9.17, 15) is 4.79 Å². The predicted molar refractivity (Wildman–Crippen MR) is 87.2 cm³/mol. The van der Waals surface area contributed by atoms with Crippen LogP contribution in [-0.2, 0) is 0 Å². The van der Waals surface area contributed by atoms with Crippen LogP contribution in [0, 0.1) is 0 Å². The molecule has 2 aromatic carbocycles. The van der Waals surface area contributed by atoms with Gasteiger partial charge in [0.15, 0.2) is 0 Å². The second-order valence-corrected chi connectivity index (χ2v) is 5.22. The van der Waals surface area contributed by atoms with Crippen LogP contribution in [0.15, 0.2) is 64.8 Å². The topological polar surface area (TPSA) is 99.8 Å². The summed E-state index contributed by atoms with van der Waals surface area (Å²) in [4.78, 5) is 11.0. The molecule has 0 spiro atoms. The van der Waals surface area contributed by atoms with Crippen LogP contribution in [0.1, 0.15) is 10.5 Å². The van der Waals surface area contributed by atoms with Crippen LogP contribution in [0.25, 0.3) is 0 Å². The average molecular weight is 325 g/mol. The second-order valence-electron chi connectivity index (χ2n) is 4.46. The highest BCUT2D eigenvalue weighted by molar-refractivity contribution is 7.10. The molecule has 23 heavy (non-hydrogen) atoms. The van der Waals surface area contributed by atoms with Crippen LogP contribution in [0.3, 0.4) is 0 Å². The normalized spacial score (nSPS) is 10.8. The lowest BCUT2D eigenvalue weighted by molar-refractivity contribution is 0.0691. The number of hydrogen-bond donors (Lipinski definition) is 2. The van der Waals surface area contributed by atoms with E-state index in [2.05, 4.69) is 25.1 Å². The molecule has 0 atom stereocenters. The van der Waals surface area contributed by atoms with Crippen molar-refractivity contribution in [2.75, 3.05) is 5.32 Å². The van der Waals surface area contributed by atoms with E-state index < -0.39 is 5.97 Å². The molecule has 3 aromatic rings. The number of carboxylic acid groups (broad SMARTS) is 1. The lowest BCUT2D eigenvalue weighted by atomic mass is 10.3. The van der Waals surface area contributed by atoms with Crippen molar-refractivity contribution in [1.82, 2.24) is 9.59 Å². The average Bonchev–Trinajstić information content (AvgIpc) is 3.04. The molecule has 8 heteroatoms. The van der Waals surface area contributed by atoms with Gasteiger partial charge in [0, 0.05) is 17.2 Å². The number of hydrogen-bond acceptors (Lipinski definition) is 7. The molecular weight excluding hydrogens is 314 g/mol. The molecule has 3 rings (SSSR count). The molecule has 0 aliphatic carbocycles. The number of benzene rings is 2. The van der Waals surface area contributed by atoms with Gasteiger partial charge in [-0.05, 0) is 36.4 Å². The molecule has 1 heterocycles. The van der Waals surface area contributed by atoms with Crippen LogP contribution < -0.4 is 5.32 Å². The van der Waals surface area contributed by atoms with Crippen LogP contribution in [0.4, 0.5) is 22.1 Å². The predicted octanol–water partition coefficient (Wildman–Crippen LogP) is 4.40. The fourth-order valence-corrected chi connectivity index (χ4v) is 2.35. The third-order valence-corrected chi connectivity index (χ3v) is 3.49.